The van der Waals surface area contributed by atoms with Gasteiger partial charge >= 0.3 is 10.1 Å². The summed E-state index contributed by atoms with van der Waals surface area (Å²) in [5.74, 6) is 0.341. The number of carbonyl (C=O) groups excluding carboxylic acids is 2. The number of amides is 2. The van der Waals surface area contributed by atoms with Crippen LogP contribution in [-0.4, -0.2) is 49.6 Å². The number of ether oxygens (including phenoxy) is 2. The second-order valence-corrected chi connectivity index (χ2v) is 10.2. The monoisotopic (exact) mass is 556 g/mol. The summed E-state index contributed by atoms with van der Waals surface area (Å²) in [7, 11) is -2.84. The van der Waals surface area contributed by atoms with E-state index in [-0.39, 0.29) is 40.0 Å². The lowest BCUT2D eigenvalue weighted by molar-refractivity contribution is -0.384. The summed E-state index contributed by atoms with van der Waals surface area (Å²) in [5.41, 5.74) is -0.0258. The van der Waals surface area contributed by atoms with Crippen LogP contribution in [0.15, 0.2) is 82.6 Å². The van der Waals surface area contributed by atoms with Gasteiger partial charge in [0.2, 0.25) is 0 Å². The van der Waals surface area contributed by atoms with Gasteiger partial charge in [0.15, 0.2) is 11.5 Å². The smallest absolute Gasteiger partial charge is 0.339 e. The van der Waals surface area contributed by atoms with Gasteiger partial charge in [-0.1, -0.05) is 30.3 Å². The summed E-state index contributed by atoms with van der Waals surface area (Å²) in [5, 5.41) is 10.3. The molecule has 0 radical (unpaired) electrons. The Balaban J connectivity index is 1.48. The van der Waals surface area contributed by atoms with Crippen LogP contribution in [-0.2, 0) is 14.9 Å². The molecule has 1 saturated heterocycles. The minimum atomic E-state index is -4.34. The fourth-order valence-corrected chi connectivity index (χ4v) is 5.21. The van der Waals surface area contributed by atoms with Crippen LogP contribution in [0.25, 0.3) is 6.08 Å². The van der Waals surface area contributed by atoms with Gasteiger partial charge < -0.3 is 13.7 Å². The van der Waals surface area contributed by atoms with E-state index in [4.69, 9.17) is 13.7 Å². The van der Waals surface area contributed by atoms with Crippen molar-refractivity contribution in [1.82, 2.24) is 4.90 Å². The summed E-state index contributed by atoms with van der Waals surface area (Å²) in [6, 6.07) is 17.3. The van der Waals surface area contributed by atoms with E-state index in [0.29, 0.717) is 23.3 Å². The number of nitro groups is 1. The van der Waals surface area contributed by atoms with Gasteiger partial charge in [-0.25, -0.2) is 0 Å². The highest BCUT2D eigenvalue weighted by atomic mass is 32.2. The number of non-ortho nitro benzene ring substituents is 1. The fraction of sp³-hybridized carbons (Fsp3) is 0.120. The first-order valence-corrected chi connectivity index (χ1v) is 13.2. The predicted octanol–water partition coefficient (Wildman–Crippen LogP) is 4.49. The number of imide groups is 1. The van der Waals surface area contributed by atoms with Crippen molar-refractivity contribution in [3.05, 3.63) is 93.4 Å². The molecule has 0 aliphatic carbocycles. The van der Waals surface area contributed by atoms with Gasteiger partial charge in [-0.05, 0) is 48.2 Å². The minimum absolute atomic E-state index is 0.00722. The van der Waals surface area contributed by atoms with Gasteiger partial charge in [0.25, 0.3) is 16.8 Å². The molecule has 0 bridgehead atoms. The third kappa shape index (κ3) is 5.95. The van der Waals surface area contributed by atoms with Crippen LogP contribution in [0.5, 0.6) is 17.2 Å². The van der Waals surface area contributed by atoms with Crippen molar-refractivity contribution in [2.45, 2.75) is 4.90 Å². The molecule has 4 rings (SSSR count). The molecule has 38 heavy (non-hydrogen) atoms. The largest absolute Gasteiger partial charge is 0.493 e. The van der Waals surface area contributed by atoms with Crippen molar-refractivity contribution >= 4 is 44.8 Å². The first-order valence-electron chi connectivity index (χ1n) is 11.0. The second-order valence-electron chi connectivity index (χ2n) is 7.66. The first-order chi connectivity index (χ1) is 18.2. The Labute approximate surface area is 221 Å². The number of para-hydroxylation sites is 3. The number of carbonyl (C=O) groups is 2. The number of rotatable bonds is 10. The van der Waals surface area contributed by atoms with E-state index in [1.54, 1.807) is 36.4 Å². The van der Waals surface area contributed by atoms with Crippen molar-refractivity contribution in [3.63, 3.8) is 0 Å². The lowest BCUT2D eigenvalue weighted by atomic mass is 10.2. The third-order valence-corrected chi connectivity index (χ3v) is 7.41. The van der Waals surface area contributed by atoms with Gasteiger partial charge in [0.1, 0.15) is 17.3 Å². The van der Waals surface area contributed by atoms with Gasteiger partial charge in [-0.15, -0.1) is 0 Å². The summed E-state index contributed by atoms with van der Waals surface area (Å²) in [6.07, 6.45) is 1.37. The molecular weight excluding hydrogens is 536 g/mol. The molecule has 11 nitrogen and oxygen atoms in total. The Morgan fingerprint density at radius 3 is 2.24 bits per heavy atom. The Kier molecular flexibility index (Phi) is 7.98. The molecule has 0 spiro atoms. The summed E-state index contributed by atoms with van der Waals surface area (Å²) < 4.78 is 41.6. The lowest BCUT2D eigenvalue weighted by Crippen LogP contribution is -2.32. The average Bonchev–Trinajstić information content (AvgIpc) is 3.17. The fourth-order valence-electron chi connectivity index (χ4n) is 3.40. The lowest BCUT2D eigenvalue weighted by Gasteiger charge is -2.14. The molecule has 1 heterocycles. The third-order valence-electron chi connectivity index (χ3n) is 5.26. The average molecular weight is 557 g/mol. The van der Waals surface area contributed by atoms with Crippen LogP contribution in [0.2, 0.25) is 0 Å². The highest BCUT2D eigenvalue weighted by Gasteiger charge is 2.35. The maximum absolute atomic E-state index is 12.9. The van der Waals surface area contributed by atoms with E-state index in [2.05, 4.69) is 0 Å². The van der Waals surface area contributed by atoms with E-state index >= 15 is 0 Å². The molecular formula is C25H20N2O9S2. The summed E-state index contributed by atoms with van der Waals surface area (Å²) in [6.45, 7) is 0.0333. The summed E-state index contributed by atoms with van der Waals surface area (Å²) >= 11 is 0.707. The molecule has 1 fully saturated rings. The Morgan fingerprint density at radius 2 is 1.58 bits per heavy atom. The van der Waals surface area contributed by atoms with Crippen LogP contribution >= 0.6 is 11.8 Å². The molecule has 0 unspecified atom stereocenters. The van der Waals surface area contributed by atoms with E-state index in [1.807, 2.05) is 0 Å². The molecule has 1 aliphatic rings. The number of thioether (sulfide) groups is 1. The van der Waals surface area contributed by atoms with Crippen LogP contribution in [0, 0.1) is 10.1 Å². The second kappa shape index (κ2) is 11.4. The zero-order chi connectivity index (χ0) is 27.3. The van der Waals surface area contributed by atoms with Crippen molar-refractivity contribution in [2.24, 2.45) is 0 Å². The Hall–Kier alpha value is -4.36. The standard InChI is InChI=1S/C25H20N2O9S2/c1-34-21-8-4-5-9-22(21)35-15-14-26-24(28)23(37-25(26)29)16-17-6-2-3-7-20(17)36-38(32,33)19-12-10-18(11-13-19)27(30)31/h2-13,16H,14-15H2,1H3/b23-16-. The van der Waals surface area contributed by atoms with Gasteiger partial charge in [-0.3, -0.25) is 24.6 Å². The maximum Gasteiger partial charge on any atom is 0.339 e. The van der Waals surface area contributed by atoms with Gasteiger partial charge in [-0.2, -0.15) is 8.42 Å². The Morgan fingerprint density at radius 1 is 0.947 bits per heavy atom. The quantitative estimate of drug-likeness (QED) is 0.152. The molecule has 0 N–H and O–H groups in total. The highest BCUT2D eigenvalue weighted by molar-refractivity contribution is 8.18. The van der Waals surface area contributed by atoms with Crippen LogP contribution in [0.1, 0.15) is 5.56 Å². The normalized spacial score (nSPS) is 14.6. The van der Waals surface area contributed by atoms with Gasteiger partial charge in [0, 0.05) is 17.7 Å². The maximum atomic E-state index is 12.9. The van der Waals surface area contributed by atoms with Gasteiger partial charge in [0.05, 0.1) is 23.5 Å². The first kappa shape index (κ1) is 26.7. The minimum Gasteiger partial charge on any atom is -0.493 e. The van der Waals surface area contributed by atoms with Crippen molar-refractivity contribution in [3.8, 4) is 17.2 Å². The van der Waals surface area contributed by atoms with Crippen molar-refractivity contribution in [1.29, 1.82) is 0 Å². The zero-order valence-electron chi connectivity index (χ0n) is 19.8. The van der Waals surface area contributed by atoms with Crippen molar-refractivity contribution in [2.75, 3.05) is 20.3 Å². The molecule has 0 atom stereocenters. The summed E-state index contributed by atoms with van der Waals surface area (Å²) in [4.78, 5) is 36.4. The van der Waals surface area contributed by atoms with E-state index in [0.717, 1.165) is 29.2 Å². The molecule has 196 valence electrons. The molecule has 0 aromatic heterocycles. The van der Waals surface area contributed by atoms with E-state index in [9.17, 15) is 28.1 Å². The molecule has 0 saturated carbocycles. The predicted molar refractivity (Wildman–Crippen MR) is 139 cm³/mol. The number of methoxy groups -OCH3 is 1. The number of benzene rings is 3. The highest BCUT2D eigenvalue weighted by Crippen LogP contribution is 2.35. The Bertz CT molecular complexity index is 1520. The van der Waals surface area contributed by atoms with Crippen LogP contribution < -0.4 is 13.7 Å². The number of hydrogen-bond acceptors (Lipinski definition) is 10. The van der Waals surface area contributed by atoms with Crippen LogP contribution in [0.4, 0.5) is 10.5 Å². The van der Waals surface area contributed by atoms with E-state index < -0.39 is 26.2 Å². The topological polar surface area (TPSA) is 142 Å². The molecule has 2 amide bonds. The zero-order valence-corrected chi connectivity index (χ0v) is 21.4. The molecule has 3 aromatic carbocycles. The molecule has 13 heteroatoms. The molecule has 1 aliphatic heterocycles. The van der Waals surface area contributed by atoms with Crippen LogP contribution in [0.3, 0.4) is 0 Å². The SMILES string of the molecule is COc1ccccc1OCCN1C(=O)S/C(=C\c2ccccc2OS(=O)(=O)c2ccc([N+](=O)[O-])cc2)C1=O. The number of hydrogen-bond donors (Lipinski definition) is 0. The molecule has 3 aromatic rings. The number of nitrogens with zero attached hydrogens (tertiary/aromatic N) is 2. The van der Waals surface area contributed by atoms with E-state index in [1.165, 1.54) is 25.3 Å². The van der Waals surface area contributed by atoms with Crippen molar-refractivity contribution < 1.29 is 36.6 Å². The number of nitro benzene ring substituents is 1.